The molecule has 0 bridgehead atoms. The Bertz CT molecular complexity index is 938. The lowest BCUT2D eigenvalue weighted by molar-refractivity contribution is 0.0990. The summed E-state index contributed by atoms with van der Waals surface area (Å²) in [7, 11) is 0. The Kier molecular flexibility index (Phi) is 5.06. The summed E-state index contributed by atoms with van der Waals surface area (Å²) < 4.78 is 5.48. The minimum Gasteiger partial charge on any atom is -0.412 e. The van der Waals surface area contributed by atoms with E-state index < -0.39 is 5.91 Å². The number of halogens is 2. The van der Waals surface area contributed by atoms with Crippen molar-refractivity contribution < 1.29 is 9.21 Å². The van der Waals surface area contributed by atoms with Gasteiger partial charge in [-0.05, 0) is 42.7 Å². The van der Waals surface area contributed by atoms with Crippen LogP contribution < -0.4 is 5.32 Å². The third kappa shape index (κ3) is 3.67. The molecule has 3 rings (SSSR count). The largest absolute Gasteiger partial charge is 0.412 e. The molecule has 0 atom stereocenters. The maximum Gasteiger partial charge on any atom is 0.313 e. The Balaban J connectivity index is 1.88. The van der Waals surface area contributed by atoms with Crippen LogP contribution in [0.15, 0.2) is 40.8 Å². The van der Waals surface area contributed by atoms with Gasteiger partial charge in [0.05, 0.1) is 10.6 Å². The molecule has 0 aliphatic rings. The van der Waals surface area contributed by atoms with Crippen LogP contribution in [0, 0.1) is 6.92 Å². The first kappa shape index (κ1) is 17.5. The second kappa shape index (κ2) is 7.25. The minimum atomic E-state index is -0.471. The molecule has 0 spiro atoms. The first-order valence-corrected chi connectivity index (χ1v) is 8.44. The molecule has 1 amide bonds. The van der Waals surface area contributed by atoms with Crippen LogP contribution >= 0.6 is 23.2 Å². The molecule has 128 valence electrons. The van der Waals surface area contributed by atoms with Crippen molar-refractivity contribution in [2.24, 2.45) is 0 Å². The number of nitrogens with zero attached hydrogens (tertiary/aromatic N) is 2. The van der Waals surface area contributed by atoms with Gasteiger partial charge < -0.3 is 9.73 Å². The number of aromatic nitrogens is 2. The fourth-order valence-corrected chi connectivity index (χ4v) is 2.82. The number of hydrogen-bond donors (Lipinski definition) is 1. The average molecular weight is 376 g/mol. The zero-order valence-electron chi connectivity index (χ0n) is 13.6. The van der Waals surface area contributed by atoms with Gasteiger partial charge in [0.25, 0.3) is 0 Å². The molecule has 1 N–H and O–H groups in total. The maximum absolute atomic E-state index is 12.5. The van der Waals surface area contributed by atoms with Gasteiger partial charge in [-0.2, -0.15) is 0 Å². The van der Waals surface area contributed by atoms with E-state index in [1.165, 1.54) is 0 Å². The molecule has 25 heavy (non-hydrogen) atoms. The highest BCUT2D eigenvalue weighted by Gasteiger charge is 2.19. The second-order valence-corrected chi connectivity index (χ2v) is 6.30. The fourth-order valence-electron chi connectivity index (χ4n) is 2.45. The van der Waals surface area contributed by atoms with E-state index in [1.807, 2.05) is 32.0 Å². The topological polar surface area (TPSA) is 68.0 Å². The van der Waals surface area contributed by atoms with Crippen molar-refractivity contribution in [3.05, 3.63) is 63.5 Å². The Morgan fingerprint density at radius 1 is 1.20 bits per heavy atom. The lowest BCUT2D eigenvalue weighted by Gasteiger charge is -2.11. The fraction of sp³-hybridized carbons (Fsp3) is 0.167. The minimum absolute atomic E-state index is 0.137. The van der Waals surface area contributed by atoms with E-state index in [0.29, 0.717) is 15.6 Å². The summed E-state index contributed by atoms with van der Waals surface area (Å²) in [5, 5.41) is 11.4. The summed E-state index contributed by atoms with van der Waals surface area (Å²) in [5.41, 5.74) is 3.23. The summed E-state index contributed by atoms with van der Waals surface area (Å²) in [4.78, 5) is 12.5. The van der Waals surface area contributed by atoms with Crippen LogP contribution in [0.25, 0.3) is 11.5 Å². The van der Waals surface area contributed by atoms with Gasteiger partial charge in [-0.3, -0.25) is 4.79 Å². The Morgan fingerprint density at radius 2 is 2.00 bits per heavy atom. The Morgan fingerprint density at radius 3 is 2.76 bits per heavy atom. The van der Waals surface area contributed by atoms with Gasteiger partial charge in [0.2, 0.25) is 5.89 Å². The van der Waals surface area contributed by atoms with E-state index in [4.69, 9.17) is 27.6 Å². The highest BCUT2D eigenvalue weighted by atomic mass is 35.5. The smallest absolute Gasteiger partial charge is 0.313 e. The summed E-state index contributed by atoms with van der Waals surface area (Å²) in [5.74, 6) is -0.476. The zero-order chi connectivity index (χ0) is 18.0. The number of benzene rings is 2. The Hall–Kier alpha value is -2.37. The number of nitrogens with one attached hydrogen (secondary N) is 1. The van der Waals surface area contributed by atoms with Crippen molar-refractivity contribution >= 4 is 34.8 Å². The van der Waals surface area contributed by atoms with Crippen LogP contribution in [0.2, 0.25) is 10.0 Å². The highest BCUT2D eigenvalue weighted by molar-refractivity contribution is 6.35. The van der Waals surface area contributed by atoms with Gasteiger partial charge in [0.15, 0.2) is 0 Å². The van der Waals surface area contributed by atoms with E-state index in [9.17, 15) is 4.79 Å². The molecule has 0 saturated heterocycles. The number of aryl methyl sites for hydroxylation is 2. The monoisotopic (exact) mass is 375 g/mol. The van der Waals surface area contributed by atoms with Crippen LogP contribution in [-0.2, 0) is 6.42 Å². The molecule has 0 unspecified atom stereocenters. The normalized spacial score (nSPS) is 10.7. The van der Waals surface area contributed by atoms with Gasteiger partial charge in [0.1, 0.15) is 0 Å². The third-order valence-corrected chi connectivity index (χ3v) is 4.32. The summed E-state index contributed by atoms with van der Waals surface area (Å²) >= 11 is 12.1. The van der Waals surface area contributed by atoms with Crippen molar-refractivity contribution in [2.75, 3.05) is 5.32 Å². The number of hydrogen-bond acceptors (Lipinski definition) is 4. The number of para-hydroxylation sites is 1. The van der Waals surface area contributed by atoms with Gasteiger partial charge in [0, 0.05) is 10.7 Å². The Labute approximate surface area is 155 Å². The quantitative estimate of drug-likeness (QED) is 0.682. The van der Waals surface area contributed by atoms with Crippen LogP contribution in [0.1, 0.15) is 28.7 Å². The molecule has 0 aliphatic heterocycles. The molecule has 7 heteroatoms. The van der Waals surface area contributed by atoms with E-state index in [-0.39, 0.29) is 11.8 Å². The average Bonchev–Trinajstić information content (AvgIpc) is 3.08. The number of amides is 1. The number of rotatable bonds is 4. The first-order chi connectivity index (χ1) is 12.0. The molecular weight excluding hydrogens is 361 g/mol. The zero-order valence-corrected chi connectivity index (χ0v) is 15.1. The van der Waals surface area contributed by atoms with Gasteiger partial charge >= 0.3 is 11.8 Å². The van der Waals surface area contributed by atoms with Crippen molar-refractivity contribution in [2.45, 2.75) is 20.3 Å². The van der Waals surface area contributed by atoms with Gasteiger partial charge in [-0.1, -0.05) is 48.3 Å². The van der Waals surface area contributed by atoms with Crippen LogP contribution in [0.3, 0.4) is 0 Å². The maximum atomic E-state index is 12.5. The van der Waals surface area contributed by atoms with E-state index in [0.717, 1.165) is 23.2 Å². The third-order valence-electron chi connectivity index (χ3n) is 3.76. The molecule has 0 radical (unpaired) electrons. The van der Waals surface area contributed by atoms with E-state index >= 15 is 0 Å². The van der Waals surface area contributed by atoms with Crippen molar-refractivity contribution in [3.8, 4) is 11.5 Å². The SMILES string of the molecule is CCc1cccc(C)c1NC(=O)c1nnc(-c2cc(Cl)ccc2Cl)o1. The first-order valence-electron chi connectivity index (χ1n) is 7.68. The van der Waals surface area contributed by atoms with Gasteiger partial charge in [-0.25, -0.2) is 0 Å². The predicted molar refractivity (Wildman–Crippen MR) is 98.3 cm³/mol. The summed E-state index contributed by atoms with van der Waals surface area (Å²) in [6.45, 7) is 3.95. The lowest BCUT2D eigenvalue weighted by Crippen LogP contribution is -2.14. The summed E-state index contributed by atoms with van der Waals surface area (Å²) in [6, 6.07) is 10.7. The van der Waals surface area contributed by atoms with Gasteiger partial charge in [-0.15, -0.1) is 10.2 Å². The molecule has 0 fully saturated rings. The van der Waals surface area contributed by atoms with Crippen LogP contribution in [-0.4, -0.2) is 16.1 Å². The van der Waals surface area contributed by atoms with E-state index in [1.54, 1.807) is 18.2 Å². The molecule has 1 aromatic heterocycles. The number of carbonyl (C=O) groups excluding carboxylic acids is 1. The molecule has 5 nitrogen and oxygen atoms in total. The highest BCUT2D eigenvalue weighted by Crippen LogP contribution is 2.30. The van der Waals surface area contributed by atoms with Crippen molar-refractivity contribution in [1.29, 1.82) is 0 Å². The number of carbonyl (C=O) groups is 1. The molecule has 0 saturated carbocycles. The van der Waals surface area contributed by atoms with Crippen LogP contribution in [0.5, 0.6) is 0 Å². The molecule has 3 aromatic rings. The predicted octanol–water partition coefficient (Wildman–Crippen LogP) is 5.17. The van der Waals surface area contributed by atoms with Crippen LogP contribution in [0.4, 0.5) is 5.69 Å². The van der Waals surface area contributed by atoms with Crippen molar-refractivity contribution in [3.63, 3.8) is 0 Å². The second-order valence-electron chi connectivity index (χ2n) is 5.45. The lowest BCUT2D eigenvalue weighted by atomic mass is 10.1. The molecule has 2 aromatic carbocycles. The van der Waals surface area contributed by atoms with Crippen molar-refractivity contribution in [1.82, 2.24) is 10.2 Å². The standard InChI is InChI=1S/C18H15Cl2N3O2/c1-3-11-6-4-5-10(2)15(11)21-16(24)18-23-22-17(25-18)13-9-12(19)7-8-14(13)20/h4-9H,3H2,1-2H3,(H,21,24). The number of anilines is 1. The molecule has 1 heterocycles. The summed E-state index contributed by atoms with van der Waals surface area (Å²) in [6.07, 6.45) is 0.796. The van der Waals surface area contributed by atoms with E-state index in [2.05, 4.69) is 15.5 Å². The molecular formula is C18H15Cl2N3O2. The molecule has 0 aliphatic carbocycles.